The Labute approximate surface area is 107 Å². The van der Waals surface area contributed by atoms with Crippen molar-refractivity contribution in [3.8, 4) is 0 Å². The molecule has 3 rings (SSSR count). The molecule has 1 aromatic rings. The highest BCUT2D eigenvalue weighted by Gasteiger charge is 2.43. The van der Waals surface area contributed by atoms with Crippen LogP contribution < -0.4 is 5.73 Å². The number of hydrogen-bond donors (Lipinski definition) is 1. The molecule has 2 saturated heterocycles. The minimum Gasteiger partial charge on any atom is -0.374 e. The van der Waals surface area contributed by atoms with Gasteiger partial charge in [0.15, 0.2) is 5.82 Å². The molecule has 0 saturated carbocycles. The molecule has 100 valence electrons. The minimum absolute atomic E-state index is 0.158. The van der Waals surface area contributed by atoms with E-state index in [0.717, 1.165) is 18.7 Å². The van der Waals surface area contributed by atoms with Gasteiger partial charge in [-0.05, 0) is 25.2 Å². The lowest BCUT2D eigenvalue weighted by Gasteiger charge is -2.15. The van der Waals surface area contributed by atoms with Gasteiger partial charge < -0.3 is 15.0 Å². The number of aromatic nitrogens is 2. The van der Waals surface area contributed by atoms with E-state index < -0.39 is 0 Å². The van der Waals surface area contributed by atoms with E-state index in [0.29, 0.717) is 36.5 Å². The number of ether oxygens (including phenoxy) is 1. The first-order chi connectivity index (χ1) is 8.69. The Morgan fingerprint density at radius 2 is 2.22 bits per heavy atom. The van der Waals surface area contributed by atoms with E-state index in [1.165, 1.54) is 6.42 Å². The van der Waals surface area contributed by atoms with Crippen LogP contribution in [0.2, 0.25) is 0 Å². The average Bonchev–Trinajstić information content (AvgIpc) is 3.04. The van der Waals surface area contributed by atoms with Crippen LogP contribution in [0.4, 0.5) is 0 Å². The third-order valence-corrected chi connectivity index (χ3v) is 4.27. The highest BCUT2D eigenvalue weighted by atomic mass is 16.5. The van der Waals surface area contributed by atoms with Crippen molar-refractivity contribution in [1.29, 1.82) is 0 Å². The monoisotopic (exact) mass is 251 g/mol. The average molecular weight is 251 g/mol. The fraction of sp³-hybridized carbons (Fsp3) is 0.846. The zero-order valence-electron chi connectivity index (χ0n) is 11.0. The molecule has 2 N–H and O–H groups in total. The van der Waals surface area contributed by atoms with Gasteiger partial charge in [-0.2, -0.15) is 4.98 Å². The summed E-state index contributed by atoms with van der Waals surface area (Å²) >= 11 is 0. The lowest BCUT2D eigenvalue weighted by molar-refractivity contribution is 0.0996. The maximum absolute atomic E-state index is 5.84. The van der Waals surface area contributed by atoms with Gasteiger partial charge >= 0.3 is 0 Å². The molecule has 1 aromatic heterocycles. The van der Waals surface area contributed by atoms with Gasteiger partial charge in [-0.1, -0.05) is 19.0 Å². The van der Waals surface area contributed by atoms with Crippen molar-refractivity contribution < 1.29 is 9.26 Å². The van der Waals surface area contributed by atoms with Gasteiger partial charge in [0.1, 0.15) is 0 Å². The molecule has 0 radical (unpaired) electrons. The molecule has 4 atom stereocenters. The Morgan fingerprint density at radius 1 is 1.39 bits per heavy atom. The van der Waals surface area contributed by atoms with Gasteiger partial charge in [0.05, 0.1) is 24.0 Å². The van der Waals surface area contributed by atoms with E-state index in [1.54, 1.807) is 0 Å². The molecule has 3 heterocycles. The van der Waals surface area contributed by atoms with Gasteiger partial charge in [-0.15, -0.1) is 0 Å². The molecule has 0 aromatic carbocycles. The normalized spacial score (nSPS) is 32.3. The third-order valence-electron chi connectivity index (χ3n) is 4.27. The molecule has 2 aliphatic rings. The number of nitrogens with two attached hydrogens (primary N) is 1. The summed E-state index contributed by atoms with van der Waals surface area (Å²) in [6.45, 7) is 4.80. The summed E-state index contributed by atoms with van der Waals surface area (Å²) in [6.07, 6.45) is 4.07. The fourth-order valence-electron chi connectivity index (χ4n) is 3.12. The fourth-order valence-corrected chi connectivity index (χ4v) is 3.12. The highest BCUT2D eigenvalue weighted by Crippen LogP contribution is 2.43. The van der Waals surface area contributed by atoms with E-state index in [2.05, 4.69) is 24.0 Å². The maximum Gasteiger partial charge on any atom is 0.231 e. The van der Waals surface area contributed by atoms with Crippen molar-refractivity contribution in [3.63, 3.8) is 0 Å². The number of nitrogens with zero attached hydrogens (tertiary/aromatic N) is 2. The molecule has 0 aliphatic carbocycles. The number of hydrogen-bond acceptors (Lipinski definition) is 5. The largest absolute Gasteiger partial charge is 0.374 e. The van der Waals surface area contributed by atoms with Crippen molar-refractivity contribution in [2.24, 2.45) is 11.7 Å². The van der Waals surface area contributed by atoms with Crippen molar-refractivity contribution in [2.75, 3.05) is 6.54 Å². The Kier molecular flexibility index (Phi) is 3.11. The van der Waals surface area contributed by atoms with Crippen LogP contribution in [0.5, 0.6) is 0 Å². The van der Waals surface area contributed by atoms with Gasteiger partial charge in [-0.25, -0.2) is 0 Å². The minimum atomic E-state index is 0.158. The van der Waals surface area contributed by atoms with Crippen LogP contribution >= 0.6 is 0 Å². The van der Waals surface area contributed by atoms with Crippen LogP contribution in [-0.4, -0.2) is 28.9 Å². The first kappa shape index (κ1) is 12.1. The zero-order valence-corrected chi connectivity index (χ0v) is 11.0. The van der Waals surface area contributed by atoms with E-state index >= 15 is 0 Å². The van der Waals surface area contributed by atoms with Crippen molar-refractivity contribution in [3.05, 3.63) is 11.7 Å². The molecule has 2 bridgehead atoms. The number of fused-ring (bicyclic) bond motifs is 2. The zero-order chi connectivity index (χ0) is 12.7. The third kappa shape index (κ3) is 1.95. The maximum atomic E-state index is 5.84. The second kappa shape index (κ2) is 4.63. The lowest BCUT2D eigenvalue weighted by atomic mass is 9.88. The van der Waals surface area contributed by atoms with Crippen molar-refractivity contribution in [2.45, 2.75) is 57.2 Å². The molecule has 5 nitrogen and oxygen atoms in total. The summed E-state index contributed by atoms with van der Waals surface area (Å²) in [5, 5.41) is 4.15. The predicted octanol–water partition coefficient (Wildman–Crippen LogP) is 1.80. The van der Waals surface area contributed by atoms with Crippen molar-refractivity contribution >= 4 is 0 Å². The van der Waals surface area contributed by atoms with E-state index in [1.807, 2.05) is 0 Å². The van der Waals surface area contributed by atoms with Crippen LogP contribution in [0, 0.1) is 5.92 Å². The lowest BCUT2D eigenvalue weighted by Crippen LogP contribution is -2.19. The first-order valence-corrected chi connectivity index (χ1v) is 6.88. The molecular formula is C13H21N3O2. The molecule has 18 heavy (non-hydrogen) atoms. The van der Waals surface area contributed by atoms with Crippen LogP contribution in [0.3, 0.4) is 0 Å². The topological polar surface area (TPSA) is 74.2 Å². The van der Waals surface area contributed by atoms with Crippen molar-refractivity contribution in [1.82, 2.24) is 10.1 Å². The summed E-state index contributed by atoms with van der Waals surface area (Å²) in [7, 11) is 0. The Hall–Kier alpha value is -0.940. The van der Waals surface area contributed by atoms with Crippen LogP contribution in [0.25, 0.3) is 0 Å². The van der Waals surface area contributed by atoms with E-state index in [-0.39, 0.29) is 5.92 Å². The summed E-state index contributed by atoms with van der Waals surface area (Å²) in [4.78, 5) is 4.57. The second-order valence-electron chi connectivity index (χ2n) is 5.79. The summed E-state index contributed by atoms with van der Waals surface area (Å²) < 4.78 is 11.2. The molecule has 0 amide bonds. The summed E-state index contributed by atoms with van der Waals surface area (Å²) in [6, 6.07) is 0. The molecular weight excluding hydrogens is 230 g/mol. The Balaban J connectivity index is 1.77. The second-order valence-corrected chi connectivity index (χ2v) is 5.79. The number of rotatable bonds is 4. The SMILES string of the molecule is CC(C)C(CN)c1nc(C2CC3CCC2O3)no1. The predicted molar refractivity (Wildman–Crippen MR) is 66.2 cm³/mol. The molecule has 4 unspecified atom stereocenters. The highest BCUT2D eigenvalue weighted by molar-refractivity contribution is 5.08. The molecule has 5 heteroatoms. The van der Waals surface area contributed by atoms with E-state index in [4.69, 9.17) is 15.0 Å². The Bertz CT molecular complexity index is 418. The quantitative estimate of drug-likeness (QED) is 0.883. The first-order valence-electron chi connectivity index (χ1n) is 6.88. The van der Waals surface area contributed by atoms with Gasteiger partial charge in [0, 0.05) is 6.54 Å². The van der Waals surface area contributed by atoms with Gasteiger partial charge in [0.25, 0.3) is 0 Å². The summed E-state index contributed by atoms with van der Waals surface area (Å²) in [5.41, 5.74) is 5.78. The van der Waals surface area contributed by atoms with E-state index in [9.17, 15) is 0 Å². The summed E-state index contributed by atoms with van der Waals surface area (Å²) in [5.74, 6) is 2.40. The molecule has 2 fully saturated rings. The van der Waals surface area contributed by atoms with Gasteiger partial charge in [0.2, 0.25) is 5.89 Å². The molecule has 2 aliphatic heterocycles. The smallest absolute Gasteiger partial charge is 0.231 e. The standard InChI is InChI=1S/C13H21N3O2/c1-7(2)10(6-14)13-15-12(16-18-13)9-5-8-3-4-11(9)17-8/h7-11H,3-6,14H2,1-2H3. The Morgan fingerprint density at radius 3 is 2.78 bits per heavy atom. The van der Waals surface area contributed by atoms with Crippen LogP contribution in [-0.2, 0) is 4.74 Å². The van der Waals surface area contributed by atoms with Crippen LogP contribution in [0.15, 0.2) is 4.52 Å². The van der Waals surface area contributed by atoms with Crippen LogP contribution in [0.1, 0.15) is 56.7 Å². The molecule has 0 spiro atoms. The van der Waals surface area contributed by atoms with Gasteiger partial charge in [-0.3, -0.25) is 0 Å².